The molecule has 0 fully saturated rings. The SMILES string of the molecule is Cc1cccc(C)c1-c1cc(F)c(F)c([C@H](CC(=O)O)NC(=O)[C@H](CC(C)C)NC(=O)c2cccn3ccnc23)c1. The summed E-state index contributed by atoms with van der Waals surface area (Å²) in [6.07, 6.45) is 4.47. The largest absolute Gasteiger partial charge is 0.481 e. The van der Waals surface area contributed by atoms with Gasteiger partial charge in [0.1, 0.15) is 11.7 Å². The maximum Gasteiger partial charge on any atom is 0.305 e. The second-order valence-electron chi connectivity index (χ2n) is 10.5. The van der Waals surface area contributed by atoms with E-state index in [0.717, 1.165) is 17.2 Å². The molecule has 0 bridgehead atoms. The molecule has 8 nitrogen and oxygen atoms in total. The minimum Gasteiger partial charge on any atom is -0.481 e. The summed E-state index contributed by atoms with van der Waals surface area (Å²) in [5.41, 5.74) is 3.05. The first kappa shape index (κ1) is 29.4. The van der Waals surface area contributed by atoms with Crippen LogP contribution in [-0.4, -0.2) is 38.3 Å². The van der Waals surface area contributed by atoms with E-state index in [1.54, 1.807) is 35.1 Å². The van der Waals surface area contributed by atoms with Crippen LogP contribution >= 0.6 is 0 Å². The molecule has 0 saturated heterocycles. The Labute approximate surface area is 236 Å². The molecule has 2 aromatic heterocycles. The van der Waals surface area contributed by atoms with Gasteiger partial charge in [-0.2, -0.15) is 0 Å². The number of carbonyl (C=O) groups excluding carboxylic acids is 2. The summed E-state index contributed by atoms with van der Waals surface area (Å²) in [6, 6.07) is 8.72. The molecule has 0 aliphatic carbocycles. The molecule has 0 aliphatic rings. The summed E-state index contributed by atoms with van der Waals surface area (Å²) >= 11 is 0. The van der Waals surface area contributed by atoms with Crippen molar-refractivity contribution < 1.29 is 28.3 Å². The van der Waals surface area contributed by atoms with Crippen LogP contribution in [0.5, 0.6) is 0 Å². The predicted molar refractivity (Wildman–Crippen MR) is 150 cm³/mol. The summed E-state index contributed by atoms with van der Waals surface area (Å²) in [6.45, 7) is 7.39. The number of amides is 2. The van der Waals surface area contributed by atoms with Crippen molar-refractivity contribution in [1.29, 1.82) is 0 Å². The highest BCUT2D eigenvalue weighted by atomic mass is 19.2. The number of carboxylic acid groups (broad SMARTS) is 1. The van der Waals surface area contributed by atoms with Crippen LogP contribution in [0.15, 0.2) is 61.1 Å². The van der Waals surface area contributed by atoms with Gasteiger partial charge < -0.3 is 20.1 Å². The number of aromatic nitrogens is 2. The highest BCUT2D eigenvalue weighted by Crippen LogP contribution is 2.33. The lowest BCUT2D eigenvalue weighted by Gasteiger charge is -2.25. The van der Waals surface area contributed by atoms with Crippen molar-refractivity contribution in [2.24, 2.45) is 5.92 Å². The first-order valence-corrected chi connectivity index (χ1v) is 13.3. The molecule has 0 aliphatic heterocycles. The highest BCUT2D eigenvalue weighted by molar-refractivity contribution is 6.02. The Balaban J connectivity index is 1.68. The highest BCUT2D eigenvalue weighted by Gasteiger charge is 2.29. The number of carbonyl (C=O) groups is 3. The van der Waals surface area contributed by atoms with E-state index in [0.29, 0.717) is 16.8 Å². The number of carboxylic acids is 1. The van der Waals surface area contributed by atoms with Gasteiger partial charge in [-0.3, -0.25) is 14.4 Å². The van der Waals surface area contributed by atoms with Crippen molar-refractivity contribution in [1.82, 2.24) is 20.0 Å². The van der Waals surface area contributed by atoms with Gasteiger partial charge in [0.15, 0.2) is 11.6 Å². The first-order chi connectivity index (χ1) is 19.5. The lowest BCUT2D eigenvalue weighted by Crippen LogP contribution is -2.48. The van der Waals surface area contributed by atoms with E-state index in [2.05, 4.69) is 15.6 Å². The van der Waals surface area contributed by atoms with Gasteiger partial charge >= 0.3 is 5.97 Å². The smallest absolute Gasteiger partial charge is 0.305 e. The fourth-order valence-electron chi connectivity index (χ4n) is 5.03. The van der Waals surface area contributed by atoms with E-state index in [9.17, 15) is 23.9 Å². The number of aryl methyl sites for hydroxylation is 2. The molecule has 0 radical (unpaired) electrons. The van der Waals surface area contributed by atoms with E-state index in [1.165, 1.54) is 6.07 Å². The Morgan fingerprint density at radius 3 is 2.37 bits per heavy atom. The quantitative estimate of drug-likeness (QED) is 0.241. The van der Waals surface area contributed by atoms with Crippen molar-refractivity contribution in [3.63, 3.8) is 0 Å². The van der Waals surface area contributed by atoms with Crippen LogP contribution in [0.25, 0.3) is 16.8 Å². The molecule has 2 atom stereocenters. The van der Waals surface area contributed by atoms with Crippen molar-refractivity contribution in [3.05, 3.63) is 94.9 Å². The Hall–Kier alpha value is -4.60. The zero-order chi connectivity index (χ0) is 29.8. The summed E-state index contributed by atoms with van der Waals surface area (Å²) in [4.78, 5) is 42.7. The molecule has 3 N–H and O–H groups in total. The van der Waals surface area contributed by atoms with Crippen molar-refractivity contribution in [2.45, 2.75) is 52.6 Å². The number of benzene rings is 2. The van der Waals surface area contributed by atoms with Gasteiger partial charge in [-0.05, 0) is 72.7 Å². The summed E-state index contributed by atoms with van der Waals surface area (Å²) in [5, 5.41) is 14.9. The average molecular weight is 563 g/mol. The summed E-state index contributed by atoms with van der Waals surface area (Å²) in [7, 11) is 0. The fourth-order valence-corrected chi connectivity index (χ4v) is 5.03. The number of nitrogens with one attached hydrogen (secondary N) is 2. The van der Waals surface area contributed by atoms with Crippen LogP contribution in [0.2, 0.25) is 0 Å². The Morgan fingerprint density at radius 1 is 1.00 bits per heavy atom. The topological polar surface area (TPSA) is 113 Å². The maximum absolute atomic E-state index is 15.2. The van der Waals surface area contributed by atoms with Crippen molar-refractivity contribution in [2.75, 3.05) is 0 Å². The van der Waals surface area contributed by atoms with Crippen LogP contribution in [-0.2, 0) is 9.59 Å². The second-order valence-corrected chi connectivity index (χ2v) is 10.5. The standard InChI is InChI=1S/C31H32F2N4O4/c1-17(2)13-25(36-30(40)21-9-6-11-37-12-10-34-29(21)37)31(41)35-24(16-26(38)39)22-14-20(15-23(32)28(22)33)27-18(3)7-5-8-19(27)4/h5-12,14-15,17,24-25H,13,16H2,1-4H3,(H,35,41)(H,36,40)(H,38,39)/t24-,25-/m0/s1. The summed E-state index contributed by atoms with van der Waals surface area (Å²) < 4.78 is 31.8. The zero-order valence-corrected chi connectivity index (χ0v) is 23.2. The molecule has 4 rings (SSSR count). The number of pyridine rings is 1. The van der Waals surface area contributed by atoms with E-state index < -0.39 is 47.9 Å². The van der Waals surface area contributed by atoms with Gasteiger partial charge in [0.2, 0.25) is 5.91 Å². The third-order valence-corrected chi connectivity index (χ3v) is 6.89. The minimum absolute atomic E-state index is 0.0345. The number of rotatable bonds is 10. The molecule has 2 amide bonds. The number of fused-ring (bicyclic) bond motifs is 1. The average Bonchev–Trinajstić information content (AvgIpc) is 3.38. The number of nitrogens with zero attached hydrogens (tertiary/aromatic N) is 2. The Kier molecular flexibility index (Phi) is 8.80. The monoisotopic (exact) mass is 562 g/mol. The van der Waals surface area contributed by atoms with Gasteiger partial charge in [-0.15, -0.1) is 0 Å². The molecule has 2 heterocycles. The molecule has 2 aromatic carbocycles. The molecule has 10 heteroatoms. The van der Waals surface area contributed by atoms with Gasteiger partial charge in [-0.25, -0.2) is 13.8 Å². The Bertz CT molecular complexity index is 1590. The predicted octanol–water partition coefficient (Wildman–Crippen LogP) is 5.37. The van der Waals surface area contributed by atoms with Crippen LogP contribution in [0, 0.1) is 31.4 Å². The lowest BCUT2D eigenvalue weighted by atomic mass is 9.92. The number of halogens is 2. The number of hydrogen-bond acceptors (Lipinski definition) is 4. The lowest BCUT2D eigenvalue weighted by molar-refractivity contribution is -0.137. The van der Waals surface area contributed by atoms with Crippen molar-refractivity contribution >= 4 is 23.4 Å². The molecule has 41 heavy (non-hydrogen) atoms. The molecule has 214 valence electrons. The molecular weight excluding hydrogens is 530 g/mol. The van der Waals surface area contributed by atoms with Gasteiger partial charge in [-0.1, -0.05) is 32.0 Å². The van der Waals surface area contributed by atoms with E-state index in [-0.39, 0.29) is 23.5 Å². The third kappa shape index (κ3) is 6.59. The van der Waals surface area contributed by atoms with E-state index in [1.807, 2.05) is 45.9 Å². The Morgan fingerprint density at radius 2 is 1.71 bits per heavy atom. The van der Waals surface area contributed by atoms with Crippen LogP contribution < -0.4 is 10.6 Å². The normalized spacial score (nSPS) is 12.8. The number of imidazole rings is 1. The maximum atomic E-state index is 15.2. The van der Waals surface area contributed by atoms with Crippen LogP contribution in [0.1, 0.15) is 59.8 Å². The molecular formula is C31H32F2N4O4. The van der Waals surface area contributed by atoms with E-state index in [4.69, 9.17) is 0 Å². The van der Waals surface area contributed by atoms with Gasteiger partial charge in [0, 0.05) is 24.2 Å². The minimum atomic E-state index is -1.40. The van der Waals surface area contributed by atoms with Crippen LogP contribution in [0.4, 0.5) is 8.78 Å². The molecule has 0 spiro atoms. The van der Waals surface area contributed by atoms with Gasteiger partial charge in [0.05, 0.1) is 18.0 Å². The fraction of sp³-hybridized carbons (Fsp3) is 0.290. The van der Waals surface area contributed by atoms with Gasteiger partial charge in [0.25, 0.3) is 5.91 Å². The third-order valence-electron chi connectivity index (χ3n) is 6.89. The number of hydrogen-bond donors (Lipinski definition) is 3. The number of aliphatic carboxylic acids is 1. The second kappa shape index (κ2) is 12.3. The molecule has 0 saturated carbocycles. The van der Waals surface area contributed by atoms with Crippen LogP contribution in [0.3, 0.4) is 0 Å². The molecule has 4 aromatic rings. The zero-order valence-electron chi connectivity index (χ0n) is 23.2. The first-order valence-electron chi connectivity index (χ1n) is 13.3. The van der Waals surface area contributed by atoms with E-state index >= 15 is 4.39 Å². The molecule has 0 unspecified atom stereocenters. The van der Waals surface area contributed by atoms with Crippen molar-refractivity contribution in [3.8, 4) is 11.1 Å². The summed E-state index contributed by atoms with van der Waals surface area (Å²) in [5.74, 6) is -5.03.